The maximum atomic E-state index is 12.1. The summed E-state index contributed by atoms with van der Waals surface area (Å²) in [4.78, 5) is 0.472. The first-order valence-electron chi connectivity index (χ1n) is 6.30. The maximum Gasteiger partial charge on any atom is 0.214 e. The molecule has 6 heteroatoms. The van der Waals surface area contributed by atoms with Crippen molar-refractivity contribution in [3.05, 3.63) is 0 Å². The summed E-state index contributed by atoms with van der Waals surface area (Å²) in [5.74, 6) is 0.449. The largest absolute Gasteiger partial charge is 0.381 e. The molecule has 100 valence electrons. The second-order valence-corrected chi connectivity index (χ2v) is 8.13. The van der Waals surface area contributed by atoms with Gasteiger partial charge in [-0.05, 0) is 31.6 Å². The lowest BCUT2D eigenvalue weighted by molar-refractivity contribution is 0.0981. The molecule has 0 aromatic heterocycles. The zero-order valence-corrected chi connectivity index (χ0v) is 12.3. The number of alkyl halides is 1. The minimum absolute atomic E-state index is 0.258. The van der Waals surface area contributed by atoms with Crippen LogP contribution in [0.2, 0.25) is 0 Å². The molecular weight excluding hydrogens is 306 g/mol. The van der Waals surface area contributed by atoms with Gasteiger partial charge in [-0.25, -0.2) is 13.1 Å². The van der Waals surface area contributed by atoms with Crippen LogP contribution in [0.1, 0.15) is 32.1 Å². The Morgan fingerprint density at radius 2 is 1.88 bits per heavy atom. The van der Waals surface area contributed by atoms with Gasteiger partial charge in [0, 0.05) is 24.6 Å². The second kappa shape index (κ2) is 5.99. The van der Waals surface area contributed by atoms with Crippen molar-refractivity contribution in [3.63, 3.8) is 0 Å². The van der Waals surface area contributed by atoms with E-state index >= 15 is 0 Å². The minimum atomic E-state index is -3.15. The van der Waals surface area contributed by atoms with E-state index in [2.05, 4.69) is 20.7 Å². The van der Waals surface area contributed by atoms with Crippen molar-refractivity contribution < 1.29 is 13.2 Å². The molecule has 2 unspecified atom stereocenters. The summed E-state index contributed by atoms with van der Waals surface area (Å²) < 4.78 is 32.1. The second-order valence-electron chi connectivity index (χ2n) is 4.91. The van der Waals surface area contributed by atoms with Gasteiger partial charge in [0.2, 0.25) is 10.0 Å². The molecule has 17 heavy (non-hydrogen) atoms. The van der Waals surface area contributed by atoms with Crippen molar-refractivity contribution >= 4 is 26.0 Å². The third-order valence-electron chi connectivity index (χ3n) is 3.72. The van der Waals surface area contributed by atoms with Gasteiger partial charge in [-0.2, -0.15) is 0 Å². The fraction of sp³-hybridized carbons (Fsp3) is 1.00. The Hall–Kier alpha value is 0.350. The van der Waals surface area contributed by atoms with Crippen molar-refractivity contribution in [3.8, 4) is 0 Å². The summed E-state index contributed by atoms with van der Waals surface area (Å²) in [5.41, 5.74) is 0. The van der Waals surface area contributed by atoms with Crippen molar-refractivity contribution in [1.29, 1.82) is 0 Å². The van der Waals surface area contributed by atoms with Crippen molar-refractivity contribution in [1.82, 2.24) is 4.72 Å². The van der Waals surface area contributed by atoms with E-state index < -0.39 is 10.0 Å². The molecule has 4 nitrogen and oxygen atoms in total. The lowest BCUT2D eigenvalue weighted by atomic mass is 10.1. The third-order valence-corrected chi connectivity index (χ3v) is 6.84. The number of ether oxygens (including phenoxy) is 1. The molecule has 0 bridgehead atoms. The van der Waals surface area contributed by atoms with E-state index in [1.165, 1.54) is 6.42 Å². The first-order valence-corrected chi connectivity index (χ1v) is 8.76. The summed E-state index contributed by atoms with van der Waals surface area (Å²) in [5, 5.41) is -0.258. The number of halogens is 1. The lowest BCUT2D eigenvalue weighted by Crippen LogP contribution is -2.40. The van der Waals surface area contributed by atoms with E-state index in [1.54, 1.807) is 0 Å². The van der Waals surface area contributed by atoms with Gasteiger partial charge in [-0.3, -0.25) is 0 Å². The molecule has 0 radical (unpaired) electrons. The molecule has 0 spiro atoms. The van der Waals surface area contributed by atoms with Crippen LogP contribution in [0.5, 0.6) is 0 Å². The summed E-state index contributed by atoms with van der Waals surface area (Å²) in [6, 6.07) is 0. The van der Waals surface area contributed by atoms with E-state index in [4.69, 9.17) is 4.74 Å². The van der Waals surface area contributed by atoms with Crippen LogP contribution in [0.15, 0.2) is 0 Å². The molecule has 0 amide bonds. The summed E-state index contributed by atoms with van der Waals surface area (Å²) in [6.45, 7) is 1.71. The standard InChI is InChI=1S/C11H20BrNO3S/c12-11-3-1-2-9(11)8-13-17(14,15)10-4-6-16-7-5-10/h9-11,13H,1-8H2. The molecular formula is C11H20BrNO3S. The van der Waals surface area contributed by atoms with Crippen LogP contribution in [0.3, 0.4) is 0 Å². The number of hydrogen-bond acceptors (Lipinski definition) is 3. The van der Waals surface area contributed by atoms with E-state index in [-0.39, 0.29) is 5.25 Å². The van der Waals surface area contributed by atoms with E-state index in [0.29, 0.717) is 43.3 Å². The molecule has 1 heterocycles. The summed E-state index contributed by atoms with van der Waals surface area (Å²) >= 11 is 3.61. The highest BCUT2D eigenvalue weighted by molar-refractivity contribution is 9.09. The molecule has 0 aromatic carbocycles. The SMILES string of the molecule is O=S(=O)(NCC1CCCC1Br)C1CCOCC1. The third kappa shape index (κ3) is 3.66. The average molecular weight is 326 g/mol. The molecule has 0 aromatic rings. The smallest absolute Gasteiger partial charge is 0.214 e. The molecule has 1 N–H and O–H groups in total. The van der Waals surface area contributed by atoms with Gasteiger partial charge in [0.25, 0.3) is 0 Å². The van der Waals surface area contributed by atoms with Crippen LogP contribution in [-0.4, -0.2) is 38.3 Å². The number of hydrogen-bond donors (Lipinski definition) is 1. The highest BCUT2D eigenvalue weighted by atomic mass is 79.9. The number of nitrogens with one attached hydrogen (secondary N) is 1. The van der Waals surface area contributed by atoms with E-state index in [1.807, 2.05) is 0 Å². The number of rotatable bonds is 4. The van der Waals surface area contributed by atoms with Gasteiger partial charge >= 0.3 is 0 Å². The zero-order valence-electron chi connectivity index (χ0n) is 9.90. The van der Waals surface area contributed by atoms with E-state index in [0.717, 1.165) is 12.8 Å². The first kappa shape index (κ1) is 13.8. The van der Waals surface area contributed by atoms with Crippen LogP contribution >= 0.6 is 15.9 Å². The molecule has 2 atom stereocenters. The Morgan fingerprint density at radius 3 is 2.47 bits per heavy atom. The molecule has 2 aliphatic rings. The summed E-state index contributed by atoms with van der Waals surface area (Å²) in [6.07, 6.45) is 4.71. The van der Waals surface area contributed by atoms with Crippen LogP contribution < -0.4 is 4.72 Å². The molecule has 1 saturated carbocycles. The molecule has 2 rings (SSSR count). The van der Waals surface area contributed by atoms with Crippen molar-refractivity contribution in [2.45, 2.75) is 42.2 Å². The maximum absolute atomic E-state index is 12.1. The average Bonchev–Trinajstić information content (AvgIpc) is 2.74. The fourth-order valence-corrected chi connectivity index (χ4v) is 4.82. The molecule has 2 fully saturated rings. The van der Waals surface area contributed by atoms with Crippen molar-refractivity contribution in [2.75, 3.05) is 19.8 Å². The number of sulfonamides is 1. The molecule has 1 saturated heterocycles. The topological polar surface area (TPSA) is 55.4 Å². The quantitative estimate of drug-likeness (QED) is 0.799. The Bertz CT molecular complexity index is 341. The minimum Gasteiger partial charge on any atom is -0.381 e. The Labute approximate surface area is 112 Å². The van der Waals surface area contributed by atoms with Crippen LogP contribution in [0, 0.1) is 5.92 Å². The lowest BCUT2D eigenvalue weighted by Gasteiger charge is -2.23. The summed E-state index contributed by atoms with van der Waals surface area (Å²) in [7, 11) is -3.15. The van der Waals surface area contributed by atoms with E-state index in [9.17, 15) is 8.42 Å². The highest BCUT2D eigenvalue weighted by Gasteiger charge is 2.30. The highest BCUT2D eigenvalue weighted by Crippen LogP contribution is 2.31. The Kier molecular flexibility index (Phi) is 4.86. The van der Waals surface area contributed by atoms with Gasteiger partial charge in [0.15, 0.2) is 0 Å². The van der Waals surface area contributed by atoms with Crippen LogP contribution in [0.25, 0.3) is 0 Å². The van der Waals surface area contributed by atoms with Gasteiger partial charge in [-0.15, -0.1) is 0 Å². The molecule has 1 aliphatic heterocycles. The monoisotopic (exact) mass is 325 g/mol. The van der Waals surface area contributed by atoms with Crippen LogP contribution in [-0.2, 0) is 14.8 Å². The predicted octanol–water partition coefficient (Wildman–Crippen LogP) is 1.65. The van der Waals surface area contributed by atoms with Crippen LogP contribution in [0.4, 0.5) is 0 Å². The van der Waals surface area contributed by atoms with Crippen molar-refractivity contribution in [2.24, 2.45) is 5.92 Å². The Morgan fingerprint density at radius 1 is 1.18 bits per heavy atom. The molecule has 1 aliphatic carbocycles. The zero-order chi connectivity index (χ0) is 12.3. The van der Waals surface area contributed by atoms with Gasteiger partial charge in [-0.1, -0.05) is 22.4 Å². The van der Waals surface area contributed by atoms with Gasteiger partial charge < -0.3 is 4.74 Å². The first-order chi connectivity index (χ1) is 8.09. The fourth-order valence-electron chi connectivity index (χ4n) is 2.55. The normalized spacial score (nSPS) is 31.8. The van der Waals surface area contributed by atoms with Gasteiger partial charge in [0.1, 0.15) is 0 Å². The predicted molar refractivity (Wildman–Crippen MR) is 70.8 cm³/mol. The Balaban J connectivity index is 1.84. The van der Waals surface area contributed by atoms with Gasteiger partial charge in [0.05, 0.1) is 5.25 Å².